The Labute approximate surface area is 127 Å². The second kappa shape index (κ2) is 6.22. The molecule has 1 aromatic heterocycles. The molecular formula is C16H18F2N2S. The van der Waals surface area contributed by atoms with E-state index in [-0.39, 0.29) is 6.04 Å². The van der Waals surface area contributed by atoms with Crippen molar-refractivity contribution in [2.24, 2.45) is 5.73 Å². The number of rotatable bonds is 6. The van der Waals surface area contributed by atoms with E-state index in [1.54, 1.807) is 11.3 Å². The second-order valence-electron chi connectivity index (χ2n) is 5.40. The van der Waals surface area contributed by atoms with Crippen molar-refractivity contribution in [1.29, 1.82) is 0 Å². The molecule has 1 unspecified atom stereocenters. The monoisotopic (exact) mass is 308 g/mol. The maximum atomic E-state index is 14.1. The summed E-state index contributed by atoms with van der Waals surface area (Å²) in [6.07, 6.45) is 2.23. The average Bonchev–Trinajstić information content (AvgIpc) is 3.18. The van der Waals surface area contributed by atoms with Crippen molar-refractivity contribution in [3.8, 4) is 0 Å². The Kier molecular flexibility index (Phi) is 4.33. The van der Waals surface area contributed by atoms with Crippen molar-refractivity contribution in [3.63, 3.8) is 0 Å². The number of halogens is 2. The summed E-state index contributed by atoms with van der Waals surface area (Å²) in [7, 11) is 0. The number of hydrogen-bond donors (Lipinski definition) is 1. The lowest BCUT2D eigenvalue weighted by Gasteiger charge is -2.31. The lowest BCUT2D eigenvalue weighted by atomic mass is 10.0. The summed E-state index contributed by atoms with van der Waals surface area (Å²) >= 11 is 1.69. The first-order valence-corrected chi connectivity index (χ1v) is 8.00. The minimum Gasteiger partial charge on any atom is -0.329 e. The molecule has 1 aliphatic carbocycles. The zero-order chi connectivity index (χ0) is 14.8. The Morgan fingerprint density at radius 2 is 2.10 bits per heavy atom. The van der Waals surface area contributed by atoms with Gasteiger partial charge in [-0.1, -0.05) is 12.1 Å². The molecule has 1 aromatic carbocycles. The smallest absolute Gasteiger partial charge is 0.130 e. The zero-order valence-electron chi connectivity index (χ0n) is 11.6. The van der Waals surface area contributed by atoms with E-state index in [0.717, 1.165) is 25.5 Å². The van der Waals surface area contributed by atoms with Crippen LogP contribution in [0.2, 0.25) is 0 Å². The Bertz CT molecular complexity index is 596. The van der Waals surface area contributed by atoms with Crippen LogP contribution in [-0.2, 0) is 6.54 Å². The van der Waals surface area contributed by atoms with Crippen molar-refractivity contribution >= 4 is 11.3 Å². The van der Waals surface area contributed by atoms with Crippen LogP contribution in [0.1, 0.15) is 29.3 Å². The fourth-order valence-corrected chi connectivity index (χ4v) is 3.41. The lowest BCUT2D eigenvalue weighted by Crippen LogP contribution is -2.35. The maximum absolute atomic E-state index is 14.1. The third-order valence-electron chi connectivity index (χ3n) is 3.88. The van der Waals surface area contributed by atoms with Crippen LogP contribution >= 0.6 is 11.3 Å². The number of benzene rings is 1. The van der Waals surface area contributed by atoms with Gasteiger partial charge in [-0.2, -0.15) is 0 Å². The molecule has 2 N–H and O–H groups in total. The van der Waals surface area contributed by atoms with E-state index in [0.29, 0.717) is 18.2 Å². The van der Waals surface area contributed by atoms with Crippen molar-refractivity contribution in [2.75, 3.05) is 6.54 Å². The van der Waals surface area contributed by atoms with Crippen LogP contribution in [0.4, 0.5) is 8.78 Å². The zero-order valence-corrected chi connectivity index (χ0v) is 12.5. The van der Waals surface area contributed by atoms with Crippen LogP contribution in [0.25, 0.3) is 0 Å². The van der Waals surface area contributed by atoms with Crippen molar-refractivity contribution in [2.45, 2.75) is 31.5 Å². The minimum atomic E-state index is -0.553. The highest BCUT2D eigenvalue weighted by Crippen LogP contribution is 2.36. The normalized spacial score (nSPS) is 16.4. The first-order valence-electron chi connectivity index (χ1n) is 7.12. The van der Waals surface area contributed by atoms with Gasteiger partial charge in [0.2, 0.25) is 0 Å². The molecule has 0 bridgehead atoms. The van der Waals surface area contributed by atoms with E-state index >= 15 is 0 Å². The van der Waals surface area contributed by atoms with E-state index < -0.39 is 11.6 Å². The fraction of sp³-hybridized carbons (Fsp3) is 0.375. The summed E-state index contributed by atoms with van der Waals surface area (Å²) in [6.45, 7) is 1.09. The van der Waals surface area contributed by atoms with Gasteiger partial charge in [0.05, 0.1) is 6.04 Å². The van der Waals surface area contributed by atoms with E-state index in [2.05, 4.69) is 11.0 Å². The Balaban J connectivity index is 1.88. The molecule has 0 spiro atoms. The summed E-state index contributed by atoms with van der Waals surface area (Å²) in [5, 5.41) is 2.04. The topological polar surface area (TPSA) is 29.3 Å². The first-order chi connectivity index (χ1) is 10.2. The van der Waals surface area contributed by atoms with Gasteiger partial charge in [0.1, 0.15) is 11.6 Å². The van der Waals surface area contributed by atoms with Crippen molar-refractivity contribution < 1.29 is 8.78 Å². The molecule has 0 radical (unpaired) electrons. The average molecular weight is 308 g/mol. The summed E-state index contributed by atoms with van der Waals surface area (Å²) in [5.41, 5.74) is 6.40. The fourth-order valence-electron chi connectivity index (χ4n) is 2.70. The Morgan fingerprint density at radius 3 is 2.67 bits per heavy atom. The van der Waals surface area contributed by atoms with Crippen molar-refractivity contribution in [1.82, 2.24) is 4.90 Å². The van der Waals surface area contributed by atoms with Gasteiger partial charge in [0.15, 0.2) is 0 Å². The van der Waals surface area contributed by atoms with Crippen LogP contribution in [0.3, 0.4) is 0 Å². The highest BCUT2D eigenvalue weighted by molar-refractivity contribution is 7.09. The standard InChI is InChI=1S/C16H18F2N2S/c17-11-3-6-14(15(18)8-11)16(9-19)20(12-4-5-12)10-13-2-1-7-21-13/h1-3,6-8,12,16H,4-5,9-10,19H2. The molecular weight excluding hydrogens is 290 g/mol. The van der Waals surface area contributed by atoms with E-state index in [1.165, 1.54) is 17.0 Å². The van der Waals surface area contributed by atoms with Crippen molar-refractivity contribution in [3.05, 3.63) is 57.8 Å². The SMILES string of the molecule is NCC(c1ccc(F)cc1F)N(Cc1cccs1)C1CC1. The van der Waals surface area contributed by atoms with E-state index in [1.807, 2.05) is 11.4 Å². The quantitative estimate of drug-likeness (QED) is 0.882. The molecule has 0 amide bonds. The van der Waals surface area contributed by atoms with Crippen LogP contribution in [0, 0.1) is 11.6 Å². The highest BCUT2D eigenvalue weighted by atomic mass is 32.1. The maximum Gasteiger partial charge on any atom is 0.130 e. The van der Waals surface area contributed by atoms with Crippen LogP contribution in [-0.4, -0.2) is 17.5 Å². The van der Waals surface area contributed by atoms with Gasteiger partial charge < -0.3 is 5.73 Å². The van der Waals surface area contributed by atoms with Gasteiger partial charge in [-0.25, -0.2) is 8.78 Å². The summed E-state index contributed by atoms with van der Waals surface area (Å²) < 4.78 is 27.2. The number of thiophene rings is 1. The molecule has 1 atom stereocenters. The highest BCUT2D eigenvalue weighted by Gasteiger charge is 2.35. The molecule has 1 fully saturated rings. The number of hydrogen-bond acceptors (Lipinski definition) is 3. The van der Waals surface area contributed by atoms with Gasteiger partial charge in [0.25, 0.3) is 0 Å². The predicted octanol–water partition coefficient (Wildman–Crippen LogP) is 3.69. The van der Waals surface area contributed by atoms with Gasteiger partial charge in [-0.05, 0) is 30.4 Å². The molecule has 0 aliphatic heterocycles. The van der Waals surface area contributed by atoms with Gasteiger partial charge in [-0.15, -0.1) is 11.3 Å². The second-order valence-corrected chi connectivity index (χ2v) is 6.43. The third kappa shape index (κ3) is 3.31. The third-order valence-corrected chi connectivity index (χ3v) is 4.74. The largest absolute Gasteiger partial charge is 0.329 e. The molecule has 2 aromatic rings. The molecule has 5 heteroatoms. The molecule has 1 saturated carbocycles. The van der Waals surface area contributed by atoms with Gasteiger partial charge >= 0.3 is 0 Å². The van der Waals surface area contributed by atoms with Crippen LogP contribution in [0.15, 0.2) is 35.7 Å². The molecule has 1 heterocycles. The number of nitrogens with zero attached hydrogens (tertiary/aromatic N) is 1. The molecule has 1 aliphatic rings. The van der Waals surface area contributed by atoms with Crippen LogP contribution < -0.4 is 5.73 Å². The Morgan fingerprint density at radius 1 is 1.29 bits per heavy atom. The lowest BCUT2D eigenvalue weighted by molar-refractivity contribution is 0.180. The minimum absolute atomic E-state index is 0.208. The molecule has 2 nitrogen and oxygen atoms in total. The molecule has 21 heavy (non-hydrogen) atoms. The van der Waals surface area contributed by atoms with Crippen LogP contribution in [0.5, 0.6) is 0 Å². The summed E-state index contributed by atoms with van der Waals surface area (Å²) in [4.78, 5) is 3.49. The number of nitrogens with two attached hydrogens (primary N) is 1. The molecule has 0 saturated heterocycles. The summed E-state index contributed by atoms with van der Waals surface area (Å²) in [6, 6.07) is 8.10. The van der Waals surface area contributed by atoms with E-state index in [9.17, 15) is 8.78 Å². The predicted molar refractivity (Wildman–Crippen MR) is 81.0 cm³/mol. The van der Waals surface area contributed by atoms with E-state index in [4.69, 9.17) is 5.73 Å². The Hall–Kier alpha value is -1.30. The molecule has 3 rings (SSSR count). The van der Waals surface area contributed by atoms with Gasteiger partial charge in [-0.3, -0.25) is 4.90 Å². The molecule has 112 valence electrons. The first kappa shape index (κ1) is 14.6. The van der Waals surface area contributed by atoms with Gasteiger partial charge in [0, 0.05) is 35.6 Å². The summed E-state index contributed by atoms with van der Waals surface area (Å²) in [5.74, 6) is -1.06.